The van der Waals surface area contributed by atoms with Crippen molar-refractivity contribution in [3.63, 3.8) is 0 Å². The molecule has 4 nitrogen and oxygen atoms in total. The molecule has 2 amide bonds. The van der Waals surface area contributed by atoms with Crippen molar-refractivity contribution < 1.29 is 9.59 Å². The average molecular weight is 353 g/mol. The molecule has 134 valence electrons. The highest BCUT2D eigenvalue weighted by Crippen LogP contribution is 2.16. The van der Waals surface area contributed by atoms with Crippen molar-refractivity contribution in [2.75, 3.05) is 0 Å². The lowest BCUT2D eigenvalue weighted by Gasteiger charge is -2.31. The maximum Gasteiger partial charge on any atom is 0.243 e. The van der Waals surface area contributed by atoms with Crippen molar-refractivity contribution in [2.24, 2.45) is 0 Å². The molecule has 24 heavy (non-hydrogen) atoms. The van der Waals surface area contributed by atoms with Gasteiger partial charge in [-0.25, -0.2) is 0 Å². The lowest BCUT2D eigenvalue weighted by molar-refractivity contribution is -0.141. The van der Waals surface area contributed by atoms with Gasteiger partial charge in [-0.2, -0.15) is 0 Å². The molecule has 0 radical (unpaired) electrons. The van der Waals surface area contributed by atoms with Gasteiger partial charge in [0.25, 0.3) is 0 Å². The molecule has 0 heterocycles. The highest BCUT2D eigenvalue weighted by atomic mass is 35.5. The average Bonchev–Trinajstić information content (AvgIpc) is 2.56. The van der Waals surface area contributed by atoms with E-state index in [-0.39, 0.29) is 17.9 Å². The number of nitrogens with zero attached hydrogens (tertiary/aromatic N) is 1. The third kappa shape index (κ3) is 6.16. The number of amides is 2. The molecule has 1 rings (SSSR count). The third-order valence-electron chi connectivity index (χ3n) is 4.12. The highest BCUT2D eigenvalue weighted by molar-refractivity contribution is 6.30. The van der Waals surface area contributed by atoms with Gasteiger partial charge in [0.15, 0.2) is 0 Å². The SMILES string of the molecule is CCCC(=O)N(Cc1ccc(Cl)cc1)[C@@H](CC)C(=O)N[C@@H](C)CC. The van der Waals surface area contributed by atoms with E-state index >= 15 is 0 Å². The first kappa shape index (κ1) is 20.5. The van der Waals surface area contributed by atoms with E-state index in [2.05, 4.69) is 5.32 Å². The standard InChI is InChI=1S/C19H29ClN2O2/c1-5-8-18(23)22(13-15-9-11-16(20)12-10-15)17(7-3)19(24)21-14(4)6-2/h9-12,14,17H,5-8,13H2,1-4H3,(H,21,24)/t14-,17-/m0/s1. The number of carbonyl (C=O) groups excluding carboxylic acids is 2. The molecule has 0 aliphatic rings. The van der Waals surface area contributed by atoms with Gasteiger partial charge >= 0.3 is 0 Å². The Labute approximate surface area is 150 Å². The maximum atomic E-state index is 12.6. The minimum Gasteiger partial charge on any atom is -0.352 e. The number of rotatable bonds is 9. The fourth-order valence-electron chi connectivity index (χ4n) is 2.50. The van der Waals surface area contributed by atoms with Gasteiger partial charge in [0.1, 0.15) is 6.04 Å². The summed E-state index contributed by atoms with van der Waals surface area (Å²) in [4.78, 5) is 26.9. The van der Waals surface area contributed by atoms with Crippen LogP contribution in [0.3, 0.4) is 0 Å². The smallest absolute Gasteiger partial charge is 0.243 e. The second kappa shape index (κ2) is 10.3. The third-order valence-corrected chi connectivity index (χ3v) is 4.37. The molecule has 0 saturated heterocycles. The van der Waals surface area contributed by atoms with Gasteiger partial charge in [-0.1, -0.05) is 44.5 Å². The first-order valence-electron chi connectivity index (χ1n) is 8.77. The largest absolute Gasteiger partial charge is 0.352 e. The summed E-state index contributed by atoms with van der Waals surface area (Å²) in [6.45, 7) is 8.33. The van der Waals surface area contributed by atoms with Crippen LogP contribution in [0.4, 0.5) is 0 Å². The number of hydrogen-bond donors (Lipinski definition) is 1. The van der Waals surface area contributed by atoms with E-state index in [0.29, 0.717) is 24.4 Å². The molecule has 0 saturated carbocycles. The van der Waals surface area contributed by atoms with E-state index in [1.54, 1.807) is 17.0 Å². The van der Waals surface area contributed by atoms with E-state index in [4.69, 9.17) is 11.6 Å². The summed E-state index contributed by atoms with van der Waals surface area (Å²) in [6, 6.07) is 7.06. The second-order valence-electron chi connectivity index (χ2n) is 6.14. The Bertz CT molecular complexity index is 531. The van der Waals surface area contributed by atoms with Gasteiger partial charge in [-0.05, 0) is 43.9 Å². The molecule has 5 heteroatoms. The minimum atomic E-state index is -0.450. The van der Waals surface area contributed by atoms with E-state index < -0.39 is 6.04 Å². The fraction of sp³-hybridized carbons (Fsp3) is 0.579. The number of nitrogens with one attached hydrogen (secondary N) is 1. The molecule has 0 aromatic heterocycles. The molecule has 2 atom stereocenters. The Morgan fingerprint density at radius 1 is 1.12 bits per heavy atom. The summed E-state index contributed by atoms with van der Waals surface area (Å²) in [6.07, 6.45) is 2.66. The molecular formula is C19H29ClN2O2. The first-order chi connectivity index (χ1) is 11.4. The number of benzene rings is 1. The monoisotopic (exact) mass is 352 g/mol. The van der Waals surface area contributed by atoms with Crippen LogP contribution < -0.4 is 5.32 Å². The van der Waals surface area contributed by atoms with Crippen LogP contribution in [0.2, 0.25) is 5.02 Å². The molecule has 0 aliphatic heterocycles. The molecule has 0 fully saturated rings. The topological polar surface area (TPSA) is 49.4 Å². The van der Waals surface area contributed by atoms with Crippen LogP contribution in [0.5, 0.6) is 0 Å². The maximum absolute atomic E-state index is 12.6. The van der Waals surface area contributed by atoms with Gasteiger partial charge in [0, 0.05) is 24.0 Å². The van der Waals surface area contributed by atoms with Gasteiger partial charge in [-0.15, -0.1) is 0 Å². The lowest BCUT2D eigenvalue weighted by atomic mass is 10.1. The van der Waals surface area contributed by atoms with E-state index in [0.717, 1.165) is 18.4 Å². The fourth-order valence-corrected chi connectivity index (χ4v) is 2.63. The highest BCUT2D eigenvalue weighted by Gasteiger charge is 2.28. The van der Waals surface area contributed by atoms with E-state index in [1.165, 1.54) is 0 Å². The van der Waals surface area contributed by atoms with Crippen LogP contribution in [-0.4, -0.2) is 28.8 Å². The van der Waals surface area contributed by atoms with Crippen molar-refractivity contribution in [2.45, 2.75) is 72.0 Å². The van der Waals surface area contributed by atoms with Crippen molar-refractivity contribution in [1.82, 2.24) is 10.2 Å². The predicted octanol–water partition coefficient (Wildman–Crippen LogP) is 4.16. The van der Waals surface area contributed by atoms with Crippen molar-refractivity contribution in [3.8, 4) is 0 Å². The Morgan fingerprint density at radius 3 is 2.25 bits per heavy atom. The van der Waals surface area contributed by atoms with Crippen LogP contribution in [0, 0.1) is 0 Å². The number of hydrogen-bond acceptors (Lipinski definition) is 2. The molecule has 1 aromatic rings. The number of carbonyl (C=O) groups is 2. The summed E-state index contributed by atoms with van der Waals surface area (Å²) in [5.41, 5.74) is 0.971. The van der Waals surface area contributed by atoms with Gasteiger partial charge < -0.3 is 10.2 Å². The van der Waals surface area contributed by atoms with Crippen LogP contribution >= 0.6 is 11.6 Å². The van der Waals surface area contributed by atoms with Crippen LogP contribution in [0.1, 0.15) is 58.9 Å². The predicted molar refractivity (Wildman–Crippen MR) is 98.9 cm³/mol. The Morgan fingerprint density at radius 2 is 1.75 bits per heavy atom. The van der Waals surface area contributed by atoms with Crippen LogP contribution in [0.25, 0.3) is 0 Å². The van der Waals surface area contributed by atoms with Crippen LogP contribution in [0.15, 0.2) is 24.3 Å². The van der Waals surface area contributed by atoms with E-state index in [1.807, 2.05) is 39.8 Å². The second-order valence-corrected chi connectivity index (χ2v) is 6.58. The van der Waals surface area contributed by atoms with Crippen molar-refractivity contribution in [1.29, 1.82) is 0 Å². The van der Waals surface area contributed by atoms with Gasteiger partial charge in [0.2, 0.25) is 11.8 Å². The summed E-state index contributed by atoms with van der Waals surface area (Å²) >= 11 is 5.93. The Hall–Kier alpha value is -1.55. The quantitative estimate of drug-likeness (QED) is 0.725. The molecular weight excluding hydrogens is 324 g/mol. The van der Waals surface area contributed by atoms with Gasteiger partial charge in [-0.3, -0.25) is 9.59 Å². The van der Waals surface area contributed by atoms with Crippen LogP contribution in [-0.2, 0) is 16.1 Å². The van der Waals surface area contributed by atoms with Gasteiger partial charge in [0.05, 0.1) is 0 Å². The molecule has 1 aromatic carbocycles. The van der Waals surface area contributed by atoms with E-state index in [9.17, 15) is 9.59 Å². The Balaban J connectivity index is 2.98. The minimum absolute atomic E-state index is 0.0126. The zero-order valence-corrected chi connectivity index (χ0v) is 15.9. The normalized spacial score (nSPS) is 13.2. The molecule has 0 unspecified atom stereocenters. The summed E-state index contributed by atoms with van der Waals surface area (Å²) in [5, 5.41) is 3.66. The summed E-state index contributed by atoms with van der Waals surface area (Å²) < 4.78 is 0. The van der Waals surface area contributed by atoms with Crippen molar-refractivity contribution in [3.05, 3.63) is 34.9 Å². The first-order valence-corrected chi connectivity index (χ1v) is 9.14. The summed E-state index contributed by atoms with van der Waals surface area (Å²) in [5.74, 6) is -0.0659. The zero-order valence-electron chi connectivity index (χ0n) is 15.1. The number of halogens is 1. The molecule has 0 bridgehead atoms. The lowest BCUT2D eigenvalue weighted by Crippen LogP contribution is -2.50. The van der Waals surface area contributed by atoms with Crippen molar-refractivity contribution >= 4 is 23.4 Å². The molecule has 0 aliphatic carbocycles. The summed E-state index contributed by atoms with van der Waals surface area (Å²) in [7, 11) is 0. The molecule has 0 spiro atoms. The Kier molecular flexibility index (Phi) is 8.83. The molecule has 1 N–H and O–H groups in total. The zero-order chi connectivity index (χ0) is 18.1.